The number of carbonyl (C=O) groups is 1. The number of nitriles is 1. The van der Waals surface area contributed by atoms with Gasteiger partial charge in [0.1, 0.15) is 12.4 Å². The van der Waals surface area contributed by atoms with Gasteiger partial charge in [-0.05, 0) is 62.3 Å². The van der Waals surface area contributed by atoms with Crippen molar-refractivity contribution in [2.75, 3.05) is 44.2 Å². The van der Waals surface area contributed by atoms with Crippen molar-refractivity contribution in [2.24, 2.45) is 0 Å². The number of anilines is 1. The van der Waals surface area contributed by atoms with Crippen molar-refractivity contribution in [3.63, 3.8) is 0 Å². The van der Waals surface area contributed by atoms with Gasteiger partial charge in [-0.3, -0.25) is 9.69 Å². The van der Waals surface area contributed by atoms with Gasteiger partial charge in [0, 0.05) is 42.1 Å². The fourth-order valence-electron chi connectivity index (χ4n) is 8.69. The number of benzene rings is 1. The molecule has 1 unspecified atom stereocenters. The van der Waals surface area contributed by atoms with Crippen LogP contribution < -0.4 is 9.64 Å². The fourth-order valence-corrected chi connectivity index (χ4v) is 8.96. The lowest BCUT2D eigenvalue weighted by molar-refractivity contribution is -0.131. The average molecular weight is 659 g/mol. The molecule has 1 spiro atoms. The maximum atomic E-state index is 17.1. The van der Waals surface area contributed by atoms with Gasteiger partial charge in [-0.15, -0.1) is 0 Å². The maximum Gasteiger partial charge on any atom is 0.318 e. The molecule has 1 aromatic carbocycles. The van der Waals surface area contributed by atoms with Crippen LogP contribution in [0.4, 0.5) is 23.4 Å². The quantitative estimate of drug-likeness (QED) is 0.294. The zero-order valence-electron chi connectivity index (χ0n) is 25.4. The van der Waals surface area contributed by atoms with E-state index >= 15 is 4.39 Å². The standard InChI is InChI=1S/C33H35ClF4N6O2/c1-20(35)29(45)44-15-14-42(16-21(44)8-12-39)28-23-7-11-32(10-6-22-24(32)4-2-5-25(22)34)27(36)26(23)40-30(41-28)46-19-31-9-3-13-43(31)18-33(37,38)17-31/h2,4-5,21,27H,1,3,6-11,13-19H2/t21-,27-,31?,32+/m0/s1. The molecule has 0 bridgehead atoms. The Kier molecular flexibility index (Phi) is 7.71. The molecule has 13 heteroatoms. The Morgan fingerprint density at radius 1 is 1.15 bits per heavy atom. The van der Waals surface area contributed by atoms with Gasteiger partial charge >= 0.3 is 6.01 Å². The zero-order valence-corrected chi connectivity index (χ0v) is 26.1. The Hall–Kier alpha value is -3.43. The van der Waals surface area contributed by atoms with Crippen LogP contribution in [0.2, 0.25) is 5.02 Å². The van der Waals surface area contributed by atoms with E-state index in [9.17, 15) is 23.2 Å². The molecular formula is C33H35ClF4N6O2. The molecule has 0 N–H and O–H groups in total. The van der Waals surface area contributed by atoms with Crippen molar-refractivity contribution in [2.45, 2.75) is 80.5 Å². The average Bonchev–Trinajstić information content (AvgIpc) is 3.66. The first-order chi connectivity index (χ1) is 22.0. The number of piperazine rings is 1. The highest BCUT2D eigenvalue weighted by Crippen LogP contribution is 2.57. The normalized spacial score (nSPS) is 29.7. The first-order valence-corrected chi connectivity index (χ1v) is 16.2. The van der Waals surface area contributed by atoms with Crippen LogP contribution in [0.1, 0.15) is 67.1 Å². The minimum atomic E-state index is -2.82. The van der Waals surface area contributed by atoms with Crippen molar-refractivity contribution in [3.05, 3.63) is 58.0 Å². The summed E-state index contributed by atoms with van der Waals surface area (Å²) in [5, 5.41) is 10.1. The summed E-state index contributed by atoms with van der Waals surface area (Å²) in [6, 6.07) is 6.91. The summed E-state index contributed by atoms with van der Waals surface area (Å²) in [4.78, 5) is 26.9. The van der Waals surface area contributed by atoms with Gasteiger partial charge in [-0.25, -0.2) is 17.6 Å². The Bertz CT molecular complexity index is 1640. The highest BCUT2D eigenvalue weighted by atomic mass is 35.5. The van der Waals surface area contributed by atoms with E-state index in [0.717, 1.165) is 17.5 Å². The topological polar surface area (TPSA) is 85.6 Å². The second-order valence-electron chi connectivity index (χ2n) is 13.4. The van der Waals surface area contributed by atoms with Gasteiger partial charge in [0.25, 0.3) is 11.8 Å². The number of hydrogen-bond acceptors (Lipinski definition) is 7. The number of halogens is 5. The molecule has 3 saturated heterocycles. The molecular weight excluding hydrogens is 624 g/mol. The molecule has 5 aliphatic rings. The van der Waals surface area contributed by atoms with Crippen LogP contribution in [0.5, 0.6) is 6.01 Å². The minimum Gasteiger partial charge on any atom is -0.461 e. The van der Waals surface area contributed by atoms with E-state index < -0.39 is 40.8 Å². The summed E-state index contributed by atoms with van der Waals surface area (Å²) in [7, 11) is 0. The summed E-state index contributed by atoms with van der Waals surface area (Å²) in [5.41, 5.74) is 0.948. The first-order valence-electron chi connectivity index (χ1n) is 15.8. The minimum absolute atomic E-state index is 0.0505. The van der Waals surface area contributed by atoms with Crippen LogP contribution in [-0.2, 0) is 23.1 Å². The van der Waals surface area contributed by atoms with Crippen LogP contribution in [0, 0.1) is 11.3 Å². The summed E-state index contributed by atoms with van der Waals surface area (Å²) in [5.74, 6) is -4.37. The second kappa shape index (κ2) is 11.4. The number of aromatic nitrogens is 2. The number of amides is 1. The highest BCUT2D eigenvalue weighted by molar-refractivity contribution is 6.31. The number of hydrogen-bond donors (Lipinski definition) is 0. The third kappa shape index (κ3) is 5.01. The summed E-state index contributed by atoms with van der Waals surface area (Å²) in [6.45, 7) is 3.81. The van der Waals surface area contributed by atoms with Crippen LogP contribution in [0.25, 0.3) is 0 Å². The van der Waals surface area contributed by atoms with Crippen LogP contribution in [0.3, 0.4) is 0 Å². The van der Waals surface area contributed by atoms with Crippen molar-refractivity contribution in [3.8, 4) is 12.1 Å². The van der Waals surface area contributed by atoms with E-state index in [2.05, 4.69) is 17.6 Å². The number of fused-ring (bicyclic) bond motifs is 4. The lowest BCUT2D eigenvalue weighted by atomic mass is 9.68. The summed E-state index contributed by atoms with van der Waals surface area (Å²) in [6.07, 6.45) is 1.62. The molecule has 8 nitrogen and oxygen atoms in total. The monoisotopic (exact) mass is 658 g/mol. The van der Waals surface area contributed by atoms with Gasteiger partial charge < -0.3 is 14.5 Å². The Balaban J connectivity index is 1.26. The summed E-state index contributed by atoms with van der Waals surface area (Å²) < 4.78 is 66.1. The number of nitrogens with zero attached hydrogens (tertiary/aromatic N) is 6. The van der Waals surface area contributed by atoms with Crippen molar-refractivity contribution < 1.29 is 27.1 Å². The zero-order chi connectivity index (χ0) is 32.4. The number of carbonyl (C=O) groups excluding carboxylic acids is 1. The SMILES string of the molecule is C=C(F)C(=O)N1CCN(c2nc(OCC34CCCN3CC(F)(F)C4)nc3c2CC[C@@]2(CCc4c(Cl)cccc42)[C@H]3F)C[C@@H]1CC#N. The van der Waals surface area contributed by atoms with Gasteiger partial charge in [0.2, 0.25) is 0 Å². The van der Waals surface area contributed by atoms with E-state index in [1.165, 1.54) is 4.90 Å². The molecule has 0 saturated carbocycles. The predicted molar refractivity (Wildman–Crippen MR) is 162 cm³/mol. The van der Waals surface area contributed by atoms with E-state index in [4.69, 9.17) is 21.3 Å². The van der Waals surface area contributed by atoms with E-state index in [1.54, 1.807) is 4.90 Å². The fraction of sp³-hybridized carbons (Fsp3) is 0.576. The van der Waals surface area contributed by atoms with E-state index in [1.807, 2.05) is 23.1 Å². The van der Waals surface area contributed by atoms with E-state index in [0.29, 0.717) is 55.1 Å². The molecule has 1 amide bonds. The molecule has 4 atom stereocenters. The number of rotatable bonds is 6. The molecule has 2 aromatic rings. The second-order valence-corrected chi connectivity index (χ2v) is 13.8. The lowest BCUT2D eigenvalue weighted by Crippen LogP contribution is -2.55. The lowest BCUT2D eigenvalue weighted by Gasteiger charge is -2.43. The van der Waals surface area contributed by atoms with Gasteiger partial charge in [-0.1, -0.05) is 30.3 Å². The third-order valence-corrected chi connectivity index (χ3v) is 11.2. The maximum absolute atomic E-state index is 17.1. The molecule has 4 heterocycles. The Labute approximate surface area is 270 Å². The molecule has 46 heavy (non-hydrogen) atoms. The van der Waals surface area contributed by atoms with Crippen LogP contribution >= 0.6 is 11.6 Å². The molecule has 3 fully saturated rings. The summed E-state index contributed by atoms with van der Waals surface area (Å²) >= 11 is 6.52. The first kappa shape index (κ1) is 31.2. The van der Waals surface area contributed by atoms with Crippen LogP contribution in [-0.4, -0.2) is 82.5 Å². The molecule has 3 aliphatic heterocycles. The predicted octanol–water partition coefficient (Wildman–Crippen LogP) is 5.64. The molecule has 2 aliphatic carbocycles. The van der Waals surface area contributed by atoms with E-state index in [-0.39, 0.29) is 57.3 Å². The van der Waals surface area contributed by atoms with Gasteiger partial charge in [0.15, 0.2) is 12.0 Å². The molecule has 7 rings (SSSR count). The Morgan fingerprint density at radius 2 is 1.93 bits per heavy atom. The molecule has 244 valence electrons. The highest BCUT2D eigenvalue weighted by Gasteiger charge is 2.57. The molecule has 0 radical (unpaired) electrons. The smallest absolute Gasteiger partial charge is 0.318 e. The van der Waals surface area contributed by atoms with Crippen molar-refractivity contribution >= 4 is 23.3 Å². The van der Waals surface area contributed by atoms with Crippen molar-refractivity contribution in [1.29, 1.82) is 5.26 Å². The Morgan fingerprint density at radius 3 is 2.70 bits per heavy atom. The van der Waals surface area contributed by atoms with Gasteiger partial charge in [-0.2, -0.15) is 15.2 Å². The van der Waals surface area contributed by atoms with Crippen molar-refractivity contribution in [1.82, 2.24) is 19.8 Å². The number of ether oxygens (including phenoxy) is 1. The third-order valence-electron chi connectivity index (χ3n) is 10.8. The van der Waals surface area contributed by atoms with Gasteiger partial charge in [0.05, 0.1) is 36.3 Å². The number of alkyl halides is 3. The van der Waals surface area contributed by atoms with Crippen LogP contribution in [0.15, 0.2) is 30.6 Å². The molecule has 1 aromatic heterocycles. The largest absolute Gasteiger partial charge is 0.461 e.